The van der Waals surface area contributed by atoms with Gasteiger partial charge in [0.2, 0.25) is 0 Å². The van der Waals surface area contributed by atoms with E-state index >= 15 is 0 Å². The maximum Gasteiger partial charge on any atom is 0.159 e. The number of nitrogens with two attached hydrogens (primary N) is 1. The zero-order chi connectivity index (χ0) is 7.84. The summed E-state index contributed by atoms with van der Waals surface area (Å²) in [6, 6.07) is 0. The van der Waals surface area contributed by atoms with Gasteiger partial charge in [-0.1, -0.05) is 0 Å². The summed E-state index contributed by atoms with van der Waals surface area (Å²) < 4.78 is 0.982. The first-order valence-electron chi connectivity index (χ1n) is 3.62. The third-order valence-corrected chi connectivity index (χ3v) is 3.48. The van der Waals surface area contributed by atoms with Crippen molar-refractivity contribution in [1.29, 1.82) is 0 Å². The molecule has 1 fully saturated rings. The molecular weight excluding hydrogens is 224 g/mol. The molecule has 0 bridgehead atoms. The Hall–Kier alpha value is 0.0700. The molecule has 1 aliphatic carbocycles. The van der Waals surface area contributed by atoms with Crippen molar-refractivity contribution in [2.75, 3.05) is 6.54 Å². The van der Waals surface area contributed by atoms with Gasteiger partial charge in [0.15, 0.2) is 3.92 Å². The number of hydrogen-bond acceptors (Lipinski definition) is 3. The molecule has 1 aliphatic rings. The summed E-state index contributed by atoms with van der Waals surface area (Å²) in [4.78, 5) is 4.35. The van der Waals surface area contributed by atoms with Gasteiger partial charge in [-0.25, -0.2) is 4.98 Å². The third-order valence-electron chi connectivity index (χ3n) is 2.10. The van der Waals surface area contributed by atoms with E-state index in [0.29, 0.717) is 11.8 Å². The topological polar surface area (TPSA) is 38.9 Å². The molecule has 2 rings (SSSR count). The van der Waals surface area contributed by atoms with E-state index in [0.717, 1.165) is 10.5 Å². The summed E-state index contributed by atoms with van der Waals surface area (Å²) in [5.41, 5.74) is 6.75. The second kappa shape index (κ2) is 2.84. The highest BCUT2D eigenvalue weighted by Crippen LogP contribution is 2.46. The van der Waals surface area contributed by atoms with Gasteiger partial charge >= 0.3 is 0 Å². The van der Waals surface area contributed by atoms with Gasteiger partial charge in [-0.2, -0.15) is 0 Å². The van der Waals surface area contributed by atoms with E-state index in [1.165, 1.54) is 12.1 Å². The van der Waals surface area contributed by atoms with Gasteiger partial charge in [-0.15, -0.1) is 11.3 Å². The lowest BCUT2D eigenvalue weighted by Crippen LogP contribution is -2.01. The van der Waals surface area contributed by atoms with Crippen molar-refractivity contribution >= 4 is 27.3 Å². The molecule has 11 heavy (non-hydrogen) atoms. The highest BCUT2D eigenvalue weighted by Gasteiger charge is 2.38. The molecule has 1 aromatic rings. The zero-order valence-electron chi connectivity index (χ0n) is 5.96. The molecule has 0 radical (unpaired) electrons. The Morgan fingerprint density at radius 3 is 3.09 bits per heavy atom. The first kappa shape index (κ1) is 7.71. The molecule has 0 saturated heterocycles. The van der Waals surface area contributed by atoms with Crippen LogP contribution >= 0.6 is 27.3 Å². The Morgan fingerprint density at radius 2 is 2.64 bits per heavy atom. The van der Waals surface area contributed by atoms with Gasteiger partial charge in [0.05, 0.1) is 5.69 Å². The molecule has 60 valence electrons. The van der Waals surface area contributed by atoms with E-state index in [9.17, 15) is 0 Å². The highest BCUT2D eigenvalue weighted by molar-refractivity contribution is 9.11. The number of thiazole rings is 1. The smallest absolute Gasteiger partial charge is 0.159 e. The number of rotatable bonds is 2. The van der Waals surface area contributed by atoms with Crippen LogP contribution in [0.3, 0.4) is 0 Å². The molecule has 2 atom stereocenters. The van der Waals surface area contributed by atoms with Gasteiger partial charge in [0.1, 0.15) is 0 Å². The van der Waals surface area contributed by atoms with Crippen molar-refractivity contribution in [3.05, 3.63) is 15.0 Å². The minimum absolute atomic E-state index is 0.655. The first-order chi connectivity index (χ1) is 5.31. The van der Waals surface area contributed by atoms with E-state index in [1.807, 2.05) is 0 Å². The fourth-order valence-electron chi connectivity index (χ4n) is 1.30. The van der Waals surface area contributed by atoms with Crippen molar-refractivity contribution in [3.8, 4) is 0 Å². The summed E-state index contributed by atoms with van der Waals surface area (Å²) in [7, 11) is 0. The second-order valence-corrected chi connectivity index (χ2v) is 5.00. The van der Waals surface area contributed by atoms with Crippen LogP contribution in [0.5, 0.6) is 0 Å². The summed E-state index contributed by atoms with van der Waals surface area (Å²) in [6.45, 7) is 0.805. The van der Waals surface area contributed by atoms with Gasteiger partial charge in [0, 0.05) is 11.3 Å². The fourth-order valence-corrected chi connectivity index (χ4v) is 2.39. The molecule has 2 N–H and O–H groups in total. The van der Waals surface area contributed by atoms with Crippen LogP contribution in [-0.2, 0) is 0 Å². The summed E-state index contributed by atoms with van der Waals surface area (Å²) in [6.07, 6.45) is 1.23. The van der Waals surface area contributed by atoms with Crippen LogP contribution in [0.4, 0.5) is 0 Å². The van der Waals surface area contributed by atoms with E-state index in [1.54, 1.807) is 11.3 Å². The molecule has 0 aromatic carbocycles. The number of aromatic nitrogens is 1. The largest absolute Gasteiger partial charge is 0.330 e. The van der Waals surface area contributed by atoms with Gasteiger partial charge in [-0.05, 0) is 34.8 Å². The van der Waals surface area contributed by atoms with Gasteiger partial charge in [-0.3, -0.25) is 0 Å². The number of hydrogen-bond donors (Lipinski definition) is 1. The molecule has 0 spiro atoms. The quantitative estimate of drug-likeness (QED) is 0.848. The Labute approximate surface area is 78.0 Å². The molecule has 1 aromatic heterocycles. The summed E-state index contributed by atoms with van der Waals surface area (Å²) >= 11 is 5.00. The predicted octanol–water partition coefficient (Wildman–Crippen LogP) is 1.97. The SMILES string of the molecule is NC[C@@H]1C[C@H]1c1csc(Br)n1. The lowest BCUT2D eigenvalue weighted by atomic mass is 10.2. The summed E-state index contributed by atoms with van der Waals surface area (Å²) in [5, 5.41) is 2.12. The van der Waals surface area contributed by atoms with Gasteiger partial charge in [0.25, 0.3) is 0 Å². The maximum absolute atomic E-state index is 5.53. The maximum atomic E-state index is 5.53. The molecule has 4 heteroatoms. The van der Waals surface area contributed by atoms with Crippen molar-refractivity contribution in [1.82, 2.24) is 4.98 Å². The normalized spacial score (nSPS) is 28.9. The van der Waals surface area contributed by atoms with Gasteiger partial charge < -0.3 is 5.73 Å². The Bertz CT molecular complexity index is 261. The van der Waals surface area contributed by atoms with E-state index in [2.05, 4.69) is 26.3 Å². The number of halogens is 1. The number of nitrogens with zero attached hydrogens (tertiary/aromatic N) is 1. The molecule has 0 amide bonds. The van der Waals surface area contributed by atoms with Crippen molar-refractivity contribution in [3.63, 3.8) is 0 Å². The van der Waals surface area contributed by atoms with Crippen LogP contribution in [0.1, 0.15) is 18.0 Å². The van der Waals surface area contributed by atoms with Crippen LogP contribution in [-0.4, -0.2) is 11.5 Å². The zero-order valence-corrected chi connectivity index (χ0v) is 8.36. The highest BCUT2D eigenvalue weighted by atomic mass is 79.9. The Kier molecular flexibility index (Phi) is 1.99. The van der Waals surface area contributed by atoms with Crippen LogP contribution in [0, 0.1) is 5.92 Å². The predicted molar refractivity (Wildman–Crippen MR) is 49.7 cm³/mol. The lowest BCUT2D eigenvalue weighted by molar-refractivity contribution is 0.800. The minimum atomic E-state index is 0.655. The second-order valence-electron chi connectivity index (χ2n) is 2.86. The van der Waals surface area contributed by atoms with Crippen LogP contribution in [0.25, 0.3) is 0 Å². The molecular formula is C7H9BrN2S. The Morgan fingerprint density at radius 1 is 1.82 bits per heavy atom. The fraction of sp³-hybridized carbons (Fsp3) is 0.571. The first-order valence-corrected chi connectivity index (χ1v) is 5.29. The minimum Gasteiger partial charge on any atom is -0.330 e. The van der Waals surface area contributed by atoms with E-state index in [-0.39, 0.29) is 0 Å². The average molecular weight is 233 g/mol. The average Bonchev–Trinajstić information content (AvgIpc) is 2.68. The van der Waals surface area contributed by atoms with E-state index in [4.69, 9.17) is 5.73 Å². The van der Waals surface area contributed by atoms with Crippen molar-refractivity contribution < 1.29 is 0 Å². The molecule has 0 aliphatic heterocycles. The standard InChI is InChI=1S/C7H9BrN2S/c8-7-10-6(3-11-7)5-1-4(5)2-9/h3-5H,1-2,9H2/t4-,5+/m0/s1. The van der Waals surface area contributed by atoms with Crippen LogP contribution < -0.4 is 5.73 Å². The van der Waals surface area contributed by atoms with Crippen LogP contribution in [0.15, 0.2) is 9.30 Å². The molecule has 2 nitrogen and oxygen atoms in total. The van der Waals surface area contributed by atoms with E-state index < -0.39 is 0 Å². The Balaban J connectivity index is 2.08. The summed E-state index contributed by atoms with van der Waals surface area (Å²) in [5.74, 6) is 1.35. The lowest BCUT2D eigenvalue weighted by Gasteiger charge is -1.89. The molecule has 0 unspecified atom stereocenters. The van der Waals surface area contributed by atoms with Crippen molar-refractivity contribution in [2.24, 2.45) is 11.7 Å². The molecule has 1 saturated carbocycles. The van der Waals surface area contributed by atoms with Crippen LogP contribution in [0.2, 0.25) is 0 Å². The third kappa shape index (κ3) is 1.48. The molecule has 1 heterocycles. The van der Waals surface area contributed by atoms with Crippen molar-refractivity contribution in [2.45, 2.75) is 12.3 Å². The monoisotopic (exact) mass is 232 g/mol.